The van der Waals surface area contributed by atoms with Crippen molar-refractivity contribution >= 4 is 5.82 Å². The normalized spacial score (nSPS) is 16.2. The molecule has 140 valence electrons. The molecule has 1 saturated heterocycles. The highest BCUT2D eigenvalue weighted by atomic mass is 16.5. The number of hydrogen-bond acceptors (Lipinski definition) is 5. The van der Waals surface area contributed by atoms with Crippen LogP contribution in [0.25, 0.3) is 11.3 Å². The summed E-state index contributed by atoms with van der Waals surface area (Å²) in [7, 11) is 3.34. The summed E-state index contributed by atoms with van der Waals surface area (Å²) in [6.45, 7) is 4.65. The SMILES string of the molecule is COc1cc2c(cc1OC)-c1[nH]nc(NCCCN3CCCCC3)c1C2. The Kier molecular flexibility index (Phi) is 5.02. The fraction of sp³-hybridized carbons (Fsp3) is 0.550. The van der Waals surface area contributed by atoms with E-state index in [-0.39, 0.29) is 0 Å². The van der Waals surface area contributed by atoms with Crippen LogP contribution in [0.1, 0.15) is 36.8 Å². The minimum Gasteiger partial charge on any atom is -0.493 e. The third-order valence-corrected chi connectivity index (χ3v) is 5.51. The van der Waals surface area contributed by atoms with Crippen molar-refractivity contribution in [2.45, 2.75) is 32.1 Å². The van der Waals surface area contributed by atoms with Gasteiger partial charge in [-0.25, -0.2) is 0 Å². The molecule has 2 aliphatic rings. The first kappa shape index (κ1) is 17.2. The first-order valence-corrected chi connectivity index (χ1v) is 9.59. The highest BCUT2D eigenvalue weighted by Crippen LogP contribution is 2.43. The van der Waals surface area contributed by atoms with Gasteiger partial charge in [-0.1, -0.05) is 6.42 Å². The first-order chi connectivity index (χ1) is 12.8. The van der Waals surface area contributed by atoms with Gasteiger partial charge >= 0.3 is 0 Å². The number of aromatic amines is 1. The summed E-state index contributed by atoms with van der Waals surface area (Å²) in [5.74, 6) is 2.51. The van der Waals surface area contributed by atoms with Crippen LogP contribution in [0.5, 0.6) is 11.5 Å². The minimum atomic E-state index is 0.754. The molecule has 1 aliphatic heterocycles. The summed E-state index contributed by atoms with van der Waals surface area (Å²) in [4.78, 5) is 2.58. The van der Waals surface area contributed by atoms with Gasteiger partial charge < -0.3 is 19.7 Å². The van der Waals surface area contributed by atoms with Crippen LogP contribution in [0.2, 0.25) is 0 Å². The van der Waals surface area contributed by atoms with Crippen LogP contribution in [-0.4, -0.2) is 55.5 Å². The monoisotopic (exact) mass is 356 g/mol. The van der Waals surface area contributed by atoms with E-state index in [1.807, 2.05) is 6.07 Å². The average molecular weight is 356 g/mol. The predicted molar refractivity (Wildman–Crippen MR) is 103 cm³/mol. The van der Waals surface area contributed by atoms with Crippen LogP contribution in [-0.2, 0) is 6.42 Å². The van der Waals surface area contributed by atoms with Crippen molar-refractivity contribution in [2.24, 2.45) is 0 Å². The second-order valence-corrected chi connectivity index (χ2v) is 7.15. The summed E-state index contributed by atoms with van der Waals surface area (Å²) in [5, 5.41) is 11.2. The maximum Gasteiger partial charge on any atom is 0.161 e. The Labute approximate surface area is 154 Å². The molecular formula is C20H28N4O2. The molecule has 6 nitrogen and oxygen atoms in total. The van der Waals surface area contributed by atoms with Crippen LogP contribution >= 0.6 is 0 Å². The quantitative estimate of drug-likeness (QED) is 0.636. The number of likely N-dealkylation sites (tertiary alicyclic amines) is 1. The lowest BCUT2D eigenvalue weighted by molar-refractivity contribution is 0.228. The lowest BCUT2D eigenvalue weighted by atomic mass is 10.1. The number of hydrogen-bond donors (Lipinski definition) is 2. The third kappa shape index (κ3) is 3.26. The van der Waals surface area contributed by atoms with Gasteiger partial charge in [0.25, 0.3) is 0 Å². The molecule has 0 unspecified atom stereocenters. The van der Waals surface area contributed by atoms with Gasteiger partial charge in [-0.2, -0.15) is 5.10 Å². The largest absolute Gasteiger partial charge is 0.493 e. The lowest BCUT2D eigenvalue weighted by Gasteiger charge is -2.26. The maximum atomic E-state index is 5.44. The van der Waals surface area contributed by atoms with E-state index in [1.54, 1.807) is 14.2 Å². The zero-order chi connectivity index (χ0) is 17.9. The molecule has 1 aromatic heterocycles. The van der Waals surface area contributed by atoms with Crippen molar-refractivity contribution in [1.29, 1.82) is 0 Å². The van der Waals surface area contributed by atoms with Crippen LogP contribution in [0, 0.1) is 0 Å². The van der Waals surface area contributed by atoms with Crippen LogP contribution in [0.3, 0.4) is 0 Å². The molecule has 4 rings (SSSR count). The molecular weight excluding hydrogens is 328 g/mol. The van der Waals surface area contributed by atoms with Crippen LogP contribution in [0.4, 0.5) is 5.82 Å². The molecule has 0 spiro atoms. The number of nitrogens with one attached hydrogen (secondary N) is 2. The summed E-state index contributed by atoms with van der Waals surface area (Å²) >= 11 is 0. The summed E-state index contributed by atoms with van der Waals surface area (Å²) in [6.07, 6.45) is 6.12. The maximum absolute atomic E-state index is 5.44. The number of nitrogens with zero attached hydrogens (tertiary/aromatic N) is 2. The number of rotatable bonds is 7. The summed E-state index contributed by atoms with van der Waals surface area (Å²) in [5.41, 5.74) is 4.75. The van der Waals surface area contributed by atoms with E-state index in [2.05, 4.69) is 26.5 Å². The molecule has 6 heteroatoms. The molecule has 1 fully saturated rings. The lowest BCUT2D eigenvalue weighted by Crippen LogP contribution is -2.31. The molecule has 2 aromatic rings. The molecule has 0 bridgehead atoms. The number of ether oxygens (including phenoxy) is 2. The van der Waals surface area contributed by atoms with Gasteiger partial charge in [0.2, 0.25) is 0 Å². The highest BCUT2D eigenvalue weighted by Gasteiger charge is 2.26. The first-order valence-electron chi connectivity index (χ1n) is 9.59. The van der Waals surface area contributed by atoms with E-state index in [0.29, 0.717) is 0 Å². The number of piperidine rings is 1. The van der Waals surface area contributed by atoms with Gasteiger partial charge in [0.1, 0.15) is 0 Å². The molecule has 2 heterocycles. The highest BCUT2D eigenvalue weighted by molar-refractivity contribution is 5.80. The number of methoxy groups -OCH3 is 2. The molecule has 2 N–H and O–H groups in total. The molecule has 0 saturated carbocycles. The molecule has 0 amide bonds. The van der Waals surface area contributed by atoms with Gasteiger partial charge in [0.15, 0.2) is 17.3 Å². The summed E-state index contributed by atoms with van der Waals surface area (Å²) < 4.78 is 10.9. The van der Waals surface area contributed by atoms with Crippen molar-refractivity contribution in [3.63, 3.8) is 0 Å². The number of anilines is 1. The van der Waals surface area contributed by atoms with Crippen molar-refractivity contribution in [3.05, 3.63) is 23.3 Å². The Balaban J connectivity index is 1.40. The zero-order valence-electron chi connectivity index (χ0n) is 15.7. The third-order valence-electron chi connectivity index (χ3n) is 5.51. The Morgan fingerprint density at radius 2 is 1.88 bits per heavy atom. The van der Waals surface area contributed by atoms with E-state index >= 15 is 0 Å². The molecule has 0 radical (unpaired) electrons. The molecule has 1 aromatic carbocycles. The van der Waals surface area contributed by atoms with Crippen LogP contribution < -0.4 is 14.8 Å². The fourth-order valence-electron chi connectivity index (χ4n) is 4.09. The summed E-state index contributed by atoms with van der Waals surface area (Å²) in [6, 6.07) is 4.11. The standard InChI is InChI=1S/C20H28N4O2/c1-25-17-12-14-11-16-19(15(14)13-18(17)26-2)22-23-20(16)21-7-6-10-24-8-4-3-5-9-24/h12-13H,3-11H2,1-2H3,(H2,21,22,23). The minimum absolute atomic E-state index is 0.754. The second kappa shape index (κ2) is 7.58. The molecule has 26 heavy (non-hydrogen) atoms. The number of aromatic nitrogens is 2. The van der Waals surface area contributed by atoms with E-state index in [9.17, 15) is 0 Å². The van der Waals surface area contributed by atoms with E-state index < -0.39 is 0 Å². The average Bonchev–Trinajstić information content (AvgIpc) is 3.24. The van der Waals surface area contributed by atoms with Gasteiger partial charge in [-0.3, -0.25) is 5.10 Å². The van der Waals surface area contributed by atoms with E-state index in [0.717, 1.165) is 48.0 Å². The zero-order valence-corrected chi connectivity index (χ0v) is 15.7. The number of benzene rings is 1. The van der Waals surface area contributed by atoms with Gasteiger partial charge in [0.05, 0.1) is 19.9 Å². The predicted octanol–water partition coefficient (Wildman–Crippen LogP) is 3.29. The Bertz CT molecular complexity index is 765. The Morgan fingerprint density at radius 3 is 2.65 bits per heavy atom. The van der Waals surface area contributed by atoms with Gasteiger partial charge in [0, 0.05) is 24.1 Å². The van der Waals surface area contributed by atoms with Crippen LogP contribution in [0.15, 0.2) is 12.1 Å². The topological polar surface area (TPSA) is 62.4 Å². The molecule has 1 aliphatic carbocycles. The van der Waals surface area contributed by atoms with Crippen molar-refractivity contribution in [1.82, 2.24) is 15.1 Å². The van der Waals surface area contributed by atoms with E-state index in [4.69, 9.17) is 9.47 Å². The Morgan fingerprint density at radius 1 is 1.12 bits per heavy atom. The van der Waals surface area contributed by atoms with E-state index in [1.165, 1.54) is 50.0 Å². The Hall–Kier alpha value is -2.21. The number of H-pyrrole nitrogens is 1. The smallest absolute Gasteiger partial charge is 0.161 e. The second-order valence-electron chi connectivity index (χ2n) is 7.15. The molecule has 0 atom stereocenters. The van der Waals surface area contributed by atoms with Crippen molar-refractivity contribution in [2.75, 3.05) is 45.7 Å². The van der Waals surface area contributed by atoms with Gasteiger partial charge in [-0.05, 0) is 56.6 Å². The fourth-order valence-corrected chi connectivity index (χ4v) is 4.09. The van der Waals surface area contributed by atoms with Crippen molar-refractivity contribution < 1.29 is 9.47 Å². The van der Waals surface area contributed by atoms with Gasteiger partial charge in [-0.15, -0.1) is 0 Å². The number of fused-ring (bicyclic) bond motifs is 3. The van der Waals surface area contributed by atoms with Crippen molar-refractivity contribution in [3.8, 4) is 22.8 Å².